The number of benzene rings is 2. The van der Waals surface area contributed by atoms with E-state index in [2.05, 4.69) is 30.3 Å². The minimum absolute atomic E-state index is 0.0860. The van der Waals surface area contributed by atoms with Gasteiger partial charge in [0, 0.05) is 11.1 Å². The van der Waals surface area contributed by atoms with E-state index in [1.165, 1.54) is 16.7 Å². The first-order valence-electron chi connectivity index (χ1n) is 9.96. The lowest BCUT2D eigenvalue weighted by atomic mass is 9.85. The van der Waals surface area contributed by atoms with Crippen LogP contribution in [0.2, 0.25) is 0 Å². The van der Waals surface area contributed by atoms with Gasteiger partial charge < -0.3 is 4.74 Å². The zero-order valence-electron chi connectivity index (χ0n) is 16.5. The first-order valence-corrected chi connectivity index (χ1v) is 9.96. The predicted octanol–water partition coefficient (Wildman–Crippen LogP) is 6.48. The number of fused-ring (bicyclic) bond motifs is 1. The SMILES string of the molecule is N#CC(C#N)=C/C=C\C1=C2OC(c3ccccc3)=CC(c3ccccc3)=C2CCC1. The molecule has 0 bridgehead atoms. The van der Waals surface area contributed by atoms with Gasteiger partial charge in [-0.3, -0.25) is 0 Å². The summed E-state index contributed by atoms with van der Waals surface area (Å²) < 4.78 is 6.43. The Hall–Kier alpha value is -4.08. The van der Waals surface area contributed by atoms with Crippen LogP contribution in [0, 0.1) is 22.7 Å². The van der Waals surface area contributed by atoms with Crippen LogP contribution in [-0.4, -0.2) is 0 Å². The Labute approximate surface area is 176 Å². The van der Waals surface area contributed by atoms with Gasteiger partial charge in [-0.1, -0.05) is 72.8 Å². The molecule has 0 N–H and O–H groups in total. The summed E-state index contributed by atoms with van der Waals surface area (Å²) in [6.45, 7) is 0. The summed E-state index contributed by atoms with van der Waals surface area (Å²) in [5.74, 6) is 1.72. The molecule has 144 valence electrons. The molecule has 2 aromatic carbocycles. The van der Waals surface area contributed by atoms with Crippen molar-refractivity contribution in [1.29, 1.82) is 10.5 Å². The Morgan fingerprint density at radius 2 is 1.53 bits per heavy atom. The van der Waals surface area contributed by atoms with Gasteiger partial charge in [0.1, 0.15) is 29.2 Å². The highest BCUT2D eigenvalue weighted by Crippen LogP contribution is 2.43. The molecule has 0 aromatic heterocycles. The molecule has 0 amide bonds. The minimum atomic E-state index is 0.0860. The Morgan fingerprint density at radius 1 is 0.867 bits per heavy atom. The number of rotatable bonds is 4. The molecule has 2 aliphatic rings. The number of nitrogens with zero attached hydrogens (tertiary/aromatic N) is 2. The maximum Gasteiger partial charge on any atom is 0.135 e. The van der Waals surface area contributed by atoms with Crippen molar-refractivity contribution in [2.75, 3.05) is 0 Å². The molecule has 0 spiro atoms. The summed E-state index contributed by atoms with van der Waals surface area (Å²) in [6, 6.07) is 24.3. The summed E-state index contributed by atoms with van der Waals surface area (Å²) in [6.07, 6.45) is 10.3. The van der Waals surface area contributed by atoms with E-state index in [1.54, 1.807) is 12.2 Å². The largest absolute Gasteiger partial charge is 0.456 e. The van der Waals surface area contributed by atoms with Crippen molar-refractivity contribution >= 4 is 11.3 Å². The van der Waals surface area contributed by atoms with Crippen LogP contribution in [0.3, 0.4) is 0 Å². The number of nitriles is 2. The van der Waals surface area contributed by atoms with E-state index in [0.29, 0.717) is 0 Å². The topological polar surface area (TPSA) is 56.8 Å². The van der Waals surface area contributed by atoms with E-state index in [-0.39, 0.29) is 5.57 Å². The lowest BCUT2D eigenvalue weighted by molar-refractivity contribution is 0.372. The summed E-state index contributed by atoms with van der Waals surface area (Å²) >= 11 is 0. The third-order valence-electron chi connectivity index (χ3n) is 5.20. The average molecular weight is 388 g/mol. The fraction of sp³-hybridized carbons (Fsp3) is 0.111. The van der Waals surface area contributed by atoms with Crippen LogP contribution < -0.4 is 0 Å². The quantitative estimate of drug-likeness (QED) is 0.445. The molecule has 1 aliphatic heterocycles. The molecule has 0 saturated heterocycles. The summed E-state index contributed by atoms with van der Waals surface area (Å²) in [7, 11) is 0. The molecule has 1 heterocycles. The molecule has 0 radical (unpaired) electrons. The van der Waals surface area contributed by atoms with Crippen LogP contribution in [0.1, 0.15) is 30.4 Å². The van der Waals surface area contributed by atoms with Crippen LogP contribution >= 0.6 is 0 Å². The molecule has 3 heteroatoms. The number of allylic oxidation sites excluding steroid dienone is 8. The van der Waals surface area contributed by atoms with E-state index >= 15 is 0 Å². The zero-order valence-corrected chi connectivity index (χ0v) is 16.5. The summed E-state index contributed by atoms with van der Waals surface area (Å²) in [5.41, 5.74) is 5.76. The van der Waals surface area contributed by atoms with Gasteiger partial charge in [-0.15, -0.1) is 0 Å². The summed E-state index contributed by atoms with van der Waals surface area (Å²) in [5, 5.41) is 17.9. The molecular formula is C27H20N2O. The highest BCUT2D eigenvalue weighted by Gasteiger charge is 2.26. The van der Waals surface area contributed by atoms with E-state index in [4.69, 9.17) is 15.3 Å². The van der Waals surface area contributed by atoms with Crippen LogP contribution in [-0.2, 0) is 4.74 Å². The second-order valence-corrected chi connectivity index (χ2v) is 7.11. The van der Waals surface area contributed by atoms with Gasteiger partial charge in [-0.2, -0.15) is 10.5 Å². The fourth-order valence-electron chi connectivity index (χ4n) is 3.76. The molecule has 0 fully saturated rings. The summed E-state index contributed by atoms with van der Waals surface area (Å²) in [4.78, 5) is 0. The Balaban J connectivity index is 1.84. The zero-order chi connectivity index (χ0) is 20.8. The van der Waals surface area contributed by atoms with E-state index < -0.39 is 0 Å². The normalized spacial score (nSPS) is 15.6. The van der Waals surface area contributed by atoms with Gasteiger partial charge in [0.15, 0.2) is 0 Å². The average Bonchev–Trinajstić information content (AvgIpc) is 2.82. The smallest absolute Gasteiger partial charge is 0.135 e. The predicted molar refractivity (Wildman–Crippen MR) is 118 cm³/mol. The van der Waals surface area contributed by atoms with Crippen molar-refractivity contribution in [3.8, 4) is 12.1 Å². The highest BCUT2D eigenvalue weighted by molar-refractivity contribution is 5.88. The van der Waals surface area contributed by atoms with Crippen LogP contribution in [0.25, 0.3) is 11.3 Å². The van der Waals surface area contributed by atoms with Crippen LogP contribution in [0.4, 0.5) is 0 Å². The maximum atomic E-state index is 8.95. The van der Waals surface area contributed by atoms with Crippen molar-refractivity contribution < 1.29 is 4.74 Å². The molecule has 0 atom stereocenters. The lowest BCUT2D eigenvalue weighted by Gasteiger charge is -2.29. The third-order valence-corrected chi connectivity index (χ3v) is 5.20. The molecule has 3 nitrogen and oxygen atoms in total. The van der Waals surface area contributed by atoms with Gasteiger partial charge in [0.2, 0.25) is 0 Å². The second kappa shape index (κ2) is 8.95. The molecular weight excluding hydrogens is 368 g/mol. The first-order chi connectivity index (χ1) is 14.8. The van der Waals surface area contributed by atoms with Gasteiger partial charge in [-0.25, -0.2) is 0 Å². The van der Waals surface area contributed by atoms with Gasteiger partial charge >= 0.3 is 0 Å². The van der Waals surface area contributed by atoms with E-state index in [0.717, 1.165) is 41.9 Å². The van der Waals surface area contributed by atoms with Gasteiger partial charge in [-0.05, 0) is 48.1 Å². The molecule has 30 heavy (non-hydrogen) atoms. The van der Waals surface area contributed by atoms with E-state index in [9.17, 15) is 0 Å². The van der Waals surface area contributed by atoms with Crippen LogP contribution in [0.15, 0.2) is 107 Å². The van der Waals surface area contributed by atoms with E-state index in [1.807, 2.05) is 54.6 Å². The first kappa shape index (κ1) is 19.2. The van der Waals surface area contributed by atoms with Gasteiger partial charge in [0.05, 0.1) is 0 Å². The second-order valence-electron chi connectivity index (χ2n) is 7.11. The van der Waals surface area contributed by atoms with Crippen molar-refractivity contribution in [2.45, 2.75) is 19.3 Å². The Morgan fingerprint density at radius 3 is 2.20 bits per heavy atom. The molecule has 0 unspecified atom stereocenters. The Bertz CT molecular complexity index is 1160. The lowest BCUT2D eigenvalue weighted by Crippen LogP contribution is -2.11. The molecule has 2 aromatic rings. The number of hydrogen-bond acceptors (Lipinski definition) is 3. The highest BCUT2D eigenvalue weighted by atomic mass is 16.5. The standard InChI is InChI=1S/C27H20N2O/c28-18-20(19-29)9-7-14-23-15-8-16-24-25(21-10-3-1-4-11-21)17-26(30-27(23)24)22-12-5-2-6-13-22/h1-7,9-14,17H,8,15-16H2/b14-7-. The van der Waals surface area contributed by atoms with Crippen molar-refractivity contribution in [2.24, 2.45) is 0 Å². The van der Waals surface area contributed by atoms with Crippen molar-refractivity contribution in [1.82, 2.24) is 0 Å². The maximum absolute atomic E-state index is 8.95. The van der Waals surface area contributed by atoms with Crippen molar-refractivity contribution in [3.05, 3.63) is 119 Å². The van der Waals surface area contributed by atoms with Gasteiger partial charge in [0.25, 0.3) is 0 Å². The Kier molecular flexibility index (Phi) is 5.74. The molecule has 1 aliphatic carbocycles. The molecule has 0 saturated carbocycles. The number of ether oxygens (including phenoxy) is 1. The van der Waals surface area contributed by atoms with Crippen LogP contribution in [0.5, 0.6) is 0 Å². The minimum Gasteiger partial charge on any atom is -0.456 e. The van der Waals surface area contributed by atoms with Crippen molar-refractivity contribution in [3.63, 3.8) is 0 Å². The fourth-order valence-corrected chi connectivity index (χ4v) is 3.76. The molecule has 4 rings (SSSR count). The monoisotopic (exact) mass is 388 g/mol. The third kappa shape index (κ3) is 4.02. The number of hydrogen-bond donors (Lipinski definition) is 0.